The smallest absolute Gasteiger partial charge is 0.0587 e. The largest absolute Gasteiger partial charge is 0.383 e. The van der Waals surface area contributed by atoms with Crippen molar-refractivity contribution in [3.05, 3.63) is 34.3 Å². The van der Waals surface area contributed by atoms with E-state index in [1.54, 1.807) is 7.11 Å². The van der Waals surface area contributed by atoms with Crippen LogP contribution >= 0.6 is 15.9 Å². The number of nitrogens with one attached hydrogen (secondary N) is 1. The van der Waals surface area contributed by atoms with Gasteiger partial charge < -0.3 is 10.1 Å². The third kappa shape index (κ3) is 3.39. The number of halogens is 1. The molecule has 19 heavy (non-hydrogen) atoms. The summed E-state index contributed by atoms with van der Waals surface area (Å²) >= 11 is 3.61. The molecule has 0 saturated heterocycles. The van der Waals surface area contributed by atoms with E-state index in [1.165, 1.54) is 29.3 Å². The Hall–Kier alpha value is -0.380. The van der Waals surface area contributed by atoms with Crippen molar-refractivity contribution < 1.29 is 4.74 Å². The molecular weight excluding hydrogens is 302 g/mol. The fourth-order valence-electron chi connectivity index (χ4n) is 3.32. The summed E-state index contributed by atoms with van der Waals surface area (Å²) < 4.78 is 6.30. The topological polar surface area (TPSA) is 21.3 Å². The molecule has 2 atom stereocenters. The summed E-state index contributed by atoms with van der Waals surface area (Å²) in [5, 5.41) is 3.58. The van der Waals surface area contributed by atoms with Crippen LogP contribution in [0.1, 0.15) is 31.7 Å². The zero-order valence-corrected chi connectivity index (χ0v) is 13.5. The molecule has 1 saturated carbocycles. The van der Waals surface area contributed by atoms with Gasteiger partial charge in [-0.15, -0.1) is 0 Å². The molecule has 1 aromatic rings. The average molecular weight is 326 g/mol. The lowest BCUT2D eigenvalue weighted by atomic mass is 9.73. The minimum Gasteiger partial charge on any atom is -0.383 e. The Morgan fingerprint density at radius 2 is 2.32 bits per heavy atom. The Kier molecular flexibility index (Phi) is 5.43. The van der Waals surface area contributed by atoms with Gasteiger partial charge in [0.2, 0.25) is 0 Å². The highest BCUT2D eigenvalue weighted by atomic mass is 79.9. The van der Waals surface area contributed by atoms with Gasteiger partial charge in [-0.1, -0.05) is 41.4 Å². The lowest BCUT2D eigenvalue weighted by Gasteiger charge is -2.35. The number of hydrogen-bond donors (Lipinski definition) is 1. The molecule has 1 aliphatic rings. The lowest BCUT2D eigenvalue weighted by Crippen LogP contribution is -2.41. The predicted molar refractivity (Wildman–Crippen MR) is 83.6 cm³/mol. The summed E-state index contributed by atoms with van der Waals surface area (Å²) in [4.78, 5) is 0. The van der Waals surface area contributed by atoms with Crippen LogP contribution in [0.15, 0.2) is 28.7 Å². The summed E-state index contributed by atoms with van der Waals surface area (Å²) in [7, 11) is 1.75. The molecule has 2 unspecified atom stereocenters. The van der Waals surface area contributed by atoms with E-state index in [2.05, 4.69) is 52.4 Å². The molecule has 0 bridgehead atoms. The van der Waals surface area contributed by atoms with Gasteiger partial charge in [-0.25, -0.2) is 0 Å². The Balaban J connectivity index is 2.15. The van der Waals surface area contributed by atoms with Gasteiger partial charge in [-0.05, 0) is 36.5 Å². The van der Waals surface area contributed by atoms with E-state index < -0.39 is 0 Å². The minimum absolute atomic E-state index is 0.289. The molecule has 0 amide bonds. The Labute approximate surface area is 125 Å². The maximum absolute atomic E-state index is 5.12. The predicted octanol–water partition coefficient (Wildman–Crippen LogP) is 3.74. The number of hydrogen-bond acceptors (Lipinski definition) is 2. The Morgan fingerprint density at radius 1 is 1.47 bits per heavy atom. The lowest BCUT2D eigenvalue weighted by molar-refractivity contribution is 0.194. The molecule has 0 heterocycles. The highest BCUT2D eigenvalue weighted by Gasteiger charge is 2.41. The van der Waals surface area contributed by atoms with E-state index in [1.807, 2.05) is 0 Å². The van der Waals surface area contributed by atoms with E-state index in [0.29, 0.717) is 0 Å². The monoisotopic (exact) mass is 325 g/mol. The fraction of sp³-hybridized carbons (Fsp3) is 0.625. The van der Waals surface area contributed by atoms with E-state index >= 15 is 0 Å². The number of benzene rings is 1. The first-order valence-corrected chi connectivity index (χ1v) is 7.94. The molecule has 106 valence electrons. The van der Waals surface area contributed by atoms with E-state index in [0.717, 1.165) is 25.6 Å². The summed E-state index contributed by atoms with van der Waals surface area (Å²) in [5.74, 6) is 0.733. The molecule has 1 fully saturated rings. The molecule has 0 aromatic heterocycles. The molecule has 2 nitrogen and oxygen atoms in total. The Bertz CT molecular complexity index is 409. The first-order chi connectivity index (χ1) is 9.19. The van der Waals surface area contributed by atoms with Gasteiger partial charge >= 0.3 is 0 Å². The second-order valence-electron chi connectivity index (χ2n) is 5.63. The number of methoxy groups -OCH3 is 1. The summed E-state index contributed by atoms with van der Waals surface area (Å²) in [5.41, 5.74) is 1.76. The van der Waals surface area contributed by atoms with Crippen LogP contribution < -0.4 is 5.32 Å². The minimum atomic E-state index is 0.289. The average Bonchev–Trinajstić information content (AvgIpc) is 2.77. The Morgan fingerprint density at radius 3 is 2.95 bits per heavy atom. The van der Waals surface area contributed by atoms with E-state index in [9.17, 15) is 0 Å². The molecule has 1 N–H and O–H groups in total. The van der Waals surface area contributed by atoms with Gasteiger partial charge in [0.25, 0.3) is 0 Å². The second-order valence-corrected chi connectivity index (χ2v) is 6.55. The van der Waals surface area contributed by atoms with E-state index in [4.69, 9.17) is 4.74 Å². The van der Waals surface area contributed by atoms with Gasteiger partial charge in [0.05, 0.1) is 6.61 Å². The maximum Gasteiger partial charge on any atom is 0.0587 e. The number of ether oxygens (including phenoxy) is 1. The van der Waals surface area contributed by atoms with Gasteiger partial charge in [0, 0.05) is 30.1 Å². The summed E-state index contributed by atoms with van der Waals surface area (Å²) in [6.45, 7) is 5.15. The molecule has 1 aromatic carbocycles. The highest BCUT2D eigenvalue weighted by Crippen LogP contribution is 2.45. The van der Waals surface area contributed by atoms with Gasteiger partial charge in [0.1, 0.15) is 0 Å². The molecule has 0 spiro atoms. The van der Waals surface area contributed by atoms with Gasteiger partial charge in [0.15, 0.2) is 0 Å². The van der Waals surface area contributed by atoms with E-state index in [-0.39, 0.29) is 5.41 Å². The standard InChI is InChI=1S/C16H24BrNO/c1-13-5-4-8-16(13,12-18-9-10-19-2)14-6-3-7-15(17)11-14/h3,6-7,11,13,18H,4-5,8-10,12H2,1-2H3. The van der Waals surface area contributed by atoms with Crippen molar-refractivity contribution in [2.45, 2.75) is 31.6 Å². The second kappa shape index (κ2) is 6.87. The van der Waals surface area contributed by atoms with Gasteiger partial charge in [-0.2, -0.15) is 0 Å². The van der Waals surface area contributed by atoms with Crippen LogP contribution in [0.25, 0.3) is 0 Å². The van der Waals surface area contributed by atoms with Crippen molar-refractivity contribution in [3.63, 3.8) is 0 Å². The maximum atomic E-state index is 5.12. The van der Waals surface area contributed by atoms with Crippen LogP contribution in [-0.4, -0.2) is 26.8 Å². The van der Waals surface area contributed by atoms with Gasteiger partial charge in [-0.3, -0.25) is 0 Å². The molecule has 3 heteroatoms. The van der Waals surface area contributed by atoms with Crippen molar-refractivity contribution in [3.8, 4) is 0 Å². The molecule has 2 rings (SSSR count). The van der Waals surface area contributed by atoms with Crippen LogP contribution in [0.5, 0.6) is 0 Å². The third-order valence-electron chi connectivity index (χ3n) is 4.53. The third-order valence-corrected chi connectivity index (χ3v) is 5.02. The van der Waals surface area contributed by atoms with Crippen LogP contribution in [0.4, 0.5) is 0 Å². The zero-order chi connectivity index (χ0) is 13.7. The summed E-state index contributed by atoms with van der Waals surface area (Å²) in [6, 6.07) is 8.83. The molecular formula is C16H24BrNO. The fourth-order valence-corrected chi connectivity index (χ4v) is 3.72. The van der Waals surface area contributed by atoms with Crippen LogP contribution in [0, 0.1) is 5.92 Å². The first-order valence-electron chi connectivity index (χ1n) is 7.15. The molecule has 1 aliphatic carbocycles. The van der Waals surface area contributed by atoms with Crippen LogP contribution in [0.3, 0.4) is 0 Å². The van der Waals surface area contributed by atoms with Crippen molar-refractivity contribution >= 4 is 15.9 Å². The van der Waals surface area contributed by atoms with Crippen LogP contribution in [-0.2, 0) is 10.2 Å². The normalized spacial score (nSPS) is 26.8. The van der Waals surface area contributed by atoms with Crippen molar-refractivity contribution in [1.82, 2.24) is 5.32 Å². The quantitative estimate of drug-likeness (QED) is 0.804. The summed E-state index contributed by atoms with van der Waals surface area (Å²) in [6.07, 6.45) is 3.95. The van der Waals surface area contributed by atoms with Crippen molar-refractivity contribution in [2.24, 2.45) is 5.92 Å². The number of rotatable bonds is 6. The molecule has 0 aliphatic heterocycles. The molecule has 0 radical (unpaired) electrons. The van der Waals surface area contributed by atoms with Crippen LogP contribution in [0.2, 0.25) is 0 Å². The first kappa shape index (κ1) is 15.0. The van der Waals surface area contributed by atoms with Crippen molar-refractivity contribution in [2.75, 3.05) is 26.8 Å². The van der Waals surface area contributed by atoms with Crippen molar-refractivity contribution in [1.29, 1.82) is 0 Å². The zero-order valence-electron chi connectivity index (χ0n) is 11.9. The SMILES string of the molecule is COCCNCC1(c2cccc(Br)c2)CCCC1C. The highest BCUT2D eigenvalue weighted by molar-refractivity contribution is 9.10.